The van der Waals surface area contributed by atoms with Gasteiger partial charge in [-0.05, 0) is 42.4 Å². The van der Waals surface area contributed by atoms with Gasteiger partial charge in [-0.15, -0.1) is 0 Å². The van der Waals surface area contributed by atoms with Crippen molar-refractivity contribution >= 4 is 31.9 Å². The molecule has 0 radical (unpaired) electrons. The average molecular weight is 375 g/mol. The summed E-state index contributed by atoms with van der Waals surface area (Å²) in [7, 11) is -3.86. The zero-order valence-corrected chi connectivity index (χ0v) is 14.6. The number of carbonyl (C=O) groups is 1. The van der Waals surface area contributed by atoms with E-state index in [1.807, 2.05) is 0 Å². The minimum absolute atomic E-state index is 0.0335. The average Bonchev–Trinajstić information content (AvgIpc) is 2.95. The lowest BCUT2D eigenvalue weighted by atomic mass is 10.1. The summed E-state index contributed by atoms with van der Waals surface area (Å²) >= 11 is 3.27. The third-order valence-electron chi connectivity index (χ3n) is 4.09. The van der Waals surface area contributed by atoms with E-state index in [1.165, 1.54) is 6.07 Å². The molecule has 3 N–H and O–H groups in total. The first kappa shape index (κ1) is 16.5. The molecule has 5 nitrogen and oxygen atoms in total. The van der Waals surface area contributed by atoms with Crippen molar-refractivity contribution in [3.63, 3.8) is 0 Å². The molecule has 1 aliphatic rings. The Balaban J connectivity index is 2.20. The molecule has 0 saturated heterocycles. The van der Waals surface area contributed by atoms with Gasteiger partial charge in [-0.3, -0.25) is 4.79 Å². The summed E-state index contributed by atoms with van der Waals surface area (Å²) in [5.41, 5.74) is 1.07. The summed E-state index contributed by atoms with van der Waals surface area (Å²) in [4.78, 5) is 12.1. The fourth-order valence-corrected chi connectivity index (χ4v) is 3.74. The van der Waals surface area contributed by atoms with Gasteiger partial charge in [0.2, 0.25) is 10.0 Å². The van der Waals surface area contributed by atoms with Crippen molar-refractivity contribution in [1.29, 1.82) is 0 Å². The van der Waals surface area contributed by atoms with E-state index in [0.717, 1.165) is 6.42 Å². The fourth-order valence-electron chi connectivity index (χ4n) is 2.32. The van der Waals surface area contributed by atoms with Crippen molar-refractivity contribution in [2.45, 2.75) is 32.1 Å². The normalized spacial score (nSPS) is 20.1. The molecule has 1 aromatic rings. The molecule has 0 heterocycles. The molecule has 1 aromatic carbocycles. The van der Waals surface area contributed by atoms with Gasteiger partial charge >= 0.3 is 0 Å². The van der Waals surface area contributed by atoms with Crippen LogP contribution in [0.5, 0.6) is 0 Å². The second kappa shape index (κ2) is 5.37. The van der Waals surface area contributed by atoms with Crippen molar-refractivity contribution in [1.82, 2.24) is 5.32 Å². The van der Waals surface area contributed by atoms with Crippen LogP contribution in [-0.2, 0) is 10.0 Å². The maximum absolute atomic E-state index is 12.2. The minimum Gasteiger partial charge on any atom is -0.352 e. The van der Waals surface area contributed by atoms with Crippen LogP contribution in [0.4, 0.5) is 0 Å². The molecule has 1 amide bonds. The summed E-state index contributed by atoms with van der Waals surface area (Å²) < 4.78 is 23.7. The Hall–Kier alpha value is -0.920. The molecule has 1 aliphatic carbocycles. The Bertz CT molecular complexity index is 698. The van der Waals surface area contributed by atoms with Crippen molar-refractivity contribution in [3.8, 4) is 0 Å². The van der Waals surface area contributed by atoms with E-state index in [4.69, 9.17) is 5.14 Å². The molecule has 7 heteroatoms. The topological polar surface area (TPSA) is 89.3 Å². The van der Waals surface area contributed by atoms with Crippen LogP contribution in [0.3, 0.4) is 0 Å². The molecule has 0 spiro atoms. The van der Waals surface area contributed by atoms with Gasteiger partial charge in [-0.2, -0.15) is 0 Å². The first-order chi connectivity index (χ1) is 9.52. The van der Waals surface area contributed by atoms with Crippen molar-refractivity contribution in [2.24, 2.45) is 16.5 Å². The SMILES string of the molecule is Cc1c(Br)cc(C(=O)NCC2CC2(C)C)cc1S(N)(=O)=O. The first-order valence-corrected chi connectivity index (χ1v) is 8.97. The third-order valence-corrected chi connectivity index (χ3v) is 5.95. The lowest BCUT2D eigenvalue weighted by molar-refractivity contribution is 0.0950. The number of carbonyl (C=O) groups excluding carboxylic acids is 1. The number of hydrogen-bond acceptors (Lipinski definition) is 3. The zero-order chi connectivity index (χ0) is 16.0. The van der Waals surface area contributed by atoms with Gasteiger partial charge in [0, 0.05) is 16.6 Å². The molecular weight excluding hydrogens is 356 g/mol. The maximum atomic E-state index is 12.2. The zero-order valence-electron chi connectivity index (χ0n) is 12.2. The highest BCUT2D eigenvalue weighted by Gasteiger charge is 2.45. The Morgan fingerprint density at radius 3 is 2.52 bits per heavy atom. The smallest absolute Gasteiger partial charge is 0.251 e. The van der Waals surface area contributed by atoms with E-state index in [-0.39, 0.29) is 21.8 Å². The van der Waals surface area contributed by atoms with Crippen molar-refractivity contribution < 1.29 is 13.2 Å². The highest BCUT2D eigenvalue weighted by molar-refractivity contribution is 9.10. The van der Waals surface area contributed by atoms with Crippen molar-refractivity contribution in [2.75, 3.05) is 6.54 Å². The number of halogens is 1. The van der Waals surface area contributed by atoms with Crippen LogP contribution in [0.25, 0.3) is 0 Å². The van der Waals surface area contributed by atoms with E-state index in [2.05, 4.69) is 35.1 Å². The Labute approximate surface area is 133 Å². The molecule has 2 rings (SSSR count). The van der Waals surface area contributed by atoms with Crippen LogP contribution in [0.1, 0.15) is 36.2 Å². The summed E-state index contributed by atoms with van der Waals surface area (Å²) in [5.74, 6) is 0.191. The number of sulfonamides is 1. The maximum Gasteiger partial charge on any atom is 0.251 e. The number of nitrogens with one attached hydrogen (secondary N) is 1. The summed E-state index contributed by atoms with van der Waals surface area (Å²) in [6.45, 7) is 6.55. The highest BCUT2D eigenvalue weighted by atomic mass is 79.9. The molecule has 116 valence electrons. The van der Waals surface area contributed by atoms with Gasteiger partial charge in [0.25, 0.3) is 5.91 Å². The largest absolute Gasteiger partial charge is 0.352 e. The Morgan fingerprint density at radius 2 is 2.05 bits per heavy atom. The number of rotatable bonds is 4. The Morgan fingerprint density at radius 1 is 1.48 bits per heavy atom. The lowest BCUT2D eigenvalue weighted by Crippen LogP contribution is -2.27. The number of primary sulfonamides is 1. The molecule has 0 aromatic heterocycles. The fraction of sp³-hybridized carbons (Fsp3) is 0.500. The van der Waals surface area contributed by atoms with Gasteiger partial charge in [0.05, 0.1) is 4.90 Å². The quantitative estimate of drug-likeness (QED) is 0.845. The molecule has 21 heavy (non-hydrogen) atoms. The second-order valence-corrected chi connectivity index (χ2v) is 8.61. The standard InChI is InChI=1S/C14H19BrN2O3S/c1-8-11(15)4-9(5-12(8)21(16,19)20)13(18)17-7-10-6-14(10,2)3/h4-5,10H,6-7H2,1-3H3,(H,17,18)(H2,16,19,20). The first-order valence-electron chi connectivity index (χ1n) is 6.63. The number of nitrogens with two attached hydrogens (primary N) is 1. The molecular formula is C14H19BrN2O3S. The second-order valence-electron chi connectivity index (χ2n) is 6.23. The number of benzene rings is 1. The Kier molecular flexibility index (Phi) is 4.21. The lowest BCUT2D eigenvalue weighted by Gasteiger charge is -2.11. The minimum atomic E-state index is -3.86. The highest BCUT2D eigenvalue weighted by Crippen LogP contribution is 2.51. The monoisotopic (exact) mass is 374 g/mol. The third kappa shape index (κ3) is 3.64. The van der Waals surface area contributed by atoms with E-state index in [9.17, 15) is 13.2 Å². The molecule has 1 atom stereocenters. The van der Waals surface area contributed by atoms with E-state index in [0.29, 0.717) is 22.5 Å². The molecule has 0 bridgehead atoms. The number of hydrogen-bond donors (Lipinski definition) is 2. The van der Waals surface area contributed by atoms with Crippen LogP contribution >= 0.6 is 15.9 Å². The van der Waals surface area contributed by atoms with Crippen LogP contribution in [0, 0.1) is 18.3 Å². The van der Waals surface area contributed by atoms with Gasteiger partial charge < -0.3 is 5.32 Å². The van der Waals surface area contributed by atoms with Crippen molar-refractivity contribution in [3.05, 3.63) is 27.7 Å². The van der Waals surface area contributed by atoms with Crippen LogP contribution in [-0.4, -0.2) is 20.9 Å². The van der Waals surface area contributed by atoms with E-state index >= 15 is 0 Å². The van der Waals surface area contributed by atoms with Crippen LogP contribution in [0.2, 0.25) is 0 Å². The predicted octanol–water partition coefficient (Wildman–Crippen LogP) is 2.18. The number of amides is 1. The van der Waals surface area contributed by atoms with E-state index < -0.39 is 10.0 Å². The van der Waals surface area contributed by atoms with Crippen LogP contribution < -0.4 is 10.5 Å². The van der Waals surface area contributed by atoms with Gasteiger partial charge in [0.1, 0.15) is 0 Å². The van der Waals surface area contributed by atoms with E-state index in [1.54, 1.807) is 13.0 Å². The summed E-state index contributed by atoms with van der Waals surface area (Å²) in [5, 5.41) is 8.03. The molecule has 1 unspecified atom stereocenters. The molecule has 0 aliphatic heterocycles. The molecule has 1 fully saturated rings. The van der Waals surface area contributed by atoms with Gasteiger partial charge in [-0.25, -0.2) is 13.6 Å². The van der Waals surface area contributed by atoms with Gasteiger partial charge in [-0.1, -0.05) is 29.8 Å². The predicted molar refractivity (Wildman–Crippen MR) is 84.5 cm³/mol. The molecule has 1 saturated carbocycles. The summed E-state index contributed by atoms with van der Waals surface area (Å²) in [6.07, 6.45) is 1.09. The summed E-state index contributed by atoms with van der Waals surface area (Å²) in [6, 6.07) is 2.93. The van der Waals surface area contributed by atoms with Crippen LogP contribution in [0.15, 0.2) is 21.5 Å². The van der Waals surface area contributed by atoms with Gasteiger partial charge in [0.15, 0.2) is 0 Å².